The van der Waals surface area contributed by atoms with Crippen molar-refractivity contribution >= 4 is 45.9 Å². The molecule has 2 aromatic carbocycles. The van der Waals surface area contributed by atoms with Crippen LogP contribution in [0, 0.1) is 0 Å². The molecular formula is C25H24ClN5O3. The summed E-state index contributed by atoms with van der Waals surface area (Å²) < 4.78 is 0. The summed E-state index contributed by atoms with van der Waals surface area (Å²) in [5, 5.41) is 7.86. The van der Waals surface area contributed by atoms with Crippen molar-refractivity contribution in [3.63, 3.8) is 0 Å². The molecule has 0 bridgehead atoms. The summed E-state index contributed by atoms with van der Waals surface area (Å²) in [7, 11) is 0. The van der Waals surface area contributed by atoms with E-state index in [4.69, 9.17) is 11.6 Å². The smallest absolute Gasteiger partial charge is 0.320 e. The summed E-state index contributed by atoms with van der Waals surface area (Å²) in [6.07, 6.45) is 5.34. The van der Waals surface area contributed by atoms with Crippen molar-refractivity contribution < 1.29 is 14.4 Å². The van der Waals surface area contributed by atoms with Crippen LogP contribution >= 0.6 is 11.6 Å². The number of anilines is 1. The van der Waals surface area contributed by atoms with Crippen LogP contribution in [0.25, 0.3) is 10.8 Å². The molecular weight excluding hydrogens is 454 g/mol. The molecule has 34 heavy (non-hydrogen) atoms. The van der Waals surface area contributed by atoms with E-state index in [0.29, 0.717) is 35.4 Å². The number of hydrogen-bond donors (Lipinski definition) is 2. The van der Waals surface area contributed by atoms with E-state index < -0.39 is 17.9 Å². The van der Waals surface area contributed by atoms with Gasteiger partial charge in [0.05, 0.1) is 11.9 Å². The third kappa shape index (κ3) is 4.68. The third-order valence-corrected chi connectivity index (χ3v) is 6.36. The summed E-state index contributed by atoms with van der Waals surface area (Å²) >= 11 is 6.16. The number of halogens is 1. The molecule has 1 aliphatic carbocycles. The average Bonchev–Trinajstić information content (AvgIpc) is 3.61. The molecule has 4 amide bonds. The number of urea groups is 1. The Labute approximate surface area is 201 Å². The lowest BCUT2D eigenvalue weighted by Gasteiger charge is -2.22. The highest BCUT2D eigenvalue weighted by Gasteiger charge is 2.39. The topological polar surface area (TPSA) is 94.6 Å². The number of fused-ring (bicyclic) bond motifs is 1. The van der Waals surface area contributed by atoms with Gasteiger partial charge >= 0.3 is 6.03 Å². The molecule has 2 aliphatic rings. The highest BCUT2D eigenvalue weighted by Crippen LogP contribution is 2.30. The molecule has 1 saturated heterocycles. The van der Waals surface area contributed by atoms with Crippen molar-refractivity contribution in [1.29, 1.82) is 0 Å². The number of carbonyl (C=O) groups is 3. The molecule has 2 fully saturated rings. The Morgan fingerprint density at radius 1 is 1.09 bits per heavy atom. The van der Waals surface area contributed by atoms with Crippen LogP contribution in [0.1, 0.15) is 24.4 Å². The molecule has 1 aliphatic heterocycles. The lowest BCUT2D eigenvalue weighted by molar-refractivity contribution is -0.127. The highest BCUT2D eigenvalue weighted by atomic mass is 35.5. The number of pyridine rings is 1. The second-order valence-electron chi connectivity index (χ2n) is 8.58. The predicted molar refractivity (Wildman–Crippen MR) is 129 cm³/mol. The molecule has 9 heteroatoms. The van der Waals surface area contributed by atoms with Crippen molar-refractivity contribution in [3.05, 3.63) is 71.5 Å². The van der Waals surface area contributed by atoms with E-state index in [0.717, 1.165) is 23.6 Å². The number of benzene rings is 2. The molecule has 174 valence electrons. The molecule has 1 saturated carbocycles. The summed E-state index contributed by atoms with van der Waals surface area (Å²) in [5.41, 5.74) is 1.08. The van der Waals surface area contributed by atoms with Crippen LogP contribution in [-0.4, -0.2) is 58.3 Å². The number of hydrogen-bond acceptors (Lipinski definition) is 4. The first-order valence-electron chi connectivity index (χ1n) is 11.2. The predicted octanol–water partition coefficient (Wildman–Crippen LogP) is 3.58. The molecule has 0 spiro atoms. The van der Waals surface area contributed by atoms with Crippen LogP contribution < -0.4 is 10.6 Å². The van der Waals surface area contributed by atoms with Gasteiger partial charge < -0.3 is 20.4 Å². The minimum Gasteiger partial charge on any atom is -0.339 e. The van der Waals surface area contributed by atoms with Gasteiger partial charge in [-0.3, -0.25) is 14.6 Å². The maximum atomic E-state index is 13.4. The third-order valence-electron chi connectivity index (χ3n) is 6.12. The minimum atomic E-state index is -0.998. The first kappa shape index (κ1) is 22.2. The van der Waals surface area contributed by atoms with Gasteiger partial charge in [-0.05, 0) is 30.5 Å². The fourth-order valence-corrected chi connectivity index (χ4v) is 4.46. The Morgan fingerprint density at radius 3 is 2.71 bits per heavy atom. The van der Waals surface area contributed by atoms with E-state index in [1.54, 1.807) is 36.7 Å². The fraction of sp³-hybridized carbons (Fsp3) is 0.280. The van der Waals surface area contributed by atoms with E-state index in [-0.39, 0.29) is 12.6 Å². The minimum absolute atomic E-state index is 0.109. The van der Waals surface area contributed by atoms with Crippen LogP contribution in [0.5, 0.6) is 0 Å². The van der Waals surface area contributed by atoms with Gasteiger partial charge in [-0.2, -0.15) is 0 Å². The molecule has 1 atom stereocenters. The lowest BCUT2D eigenvalue weighted by atomic mass is 10.1. The molecule has 0 radical (unpaired) electrons. The summed E-state index contributed by atoms with van der Waals surface area (Å²) in [6.45, 7) is 1.02. The Morgan fingerprint density at radius 2 is 1.91 bits per heavy atom. The van der Waals surface area contributed by atoms with Crippen LogP contribution in [0.15, 0.2) is 60.9 Å². The van der Waals surface area contributed by atoms with E-state index in [1.165, 1.54) is 4.90 Å². The van der Waals surface area contributed by atoms with Crippen LogP contribution in [0.3, 0.4) is 0 Å². The van der Waals surface area contributed by atoms with Gasteiger partial charge in [0.1, 0.15) is 12.6 Å². The van der Waals surface area contributed by atoms with E-state index in [9.17, 15) is 14.4 Å². The van der Waals surface area contributed by atoms with Crippen molar-refractivity contribution in [1.82, 2.24) is 20.1 Å². The lowest BCUT2D eigenvalue weighted by Crippen LogP contribution is -2.44. The zero-order valence-electron chi connectivity index (χ0n) is 18.4. The number of aromatic nitrogens is 1. The Balaban J connectivity index is 1.34. The van der Waals surface area contributed by atoms with Gasteiger partial charge in [0, 0.05) is 41.1 Å². The monoisotopic (exact) mass is 477 g/mol. The summed E-state index contributed by atoms with van der Waals surface area (Å²) in [4.78, 5) is 46.4. The average molecular weight is 478 g/mol. The van der Waals surface area contributed by atoms with Crippen molar-refractivity contribution in [3.8, 4) is 0 Å². The molecule has 3 aromatic rings. The van der Waals surface area contributed by atoms with Gasteiger partial charge in [0.15, 0.2) is 0 Å². The standard InChI is InChI=1S/C25H24ClN5O3/c26-18-6-3-5-16(12-18)23(24(33)28-21-14-27-13-17-4-1-2-7-20(17)21)29-22(32)15-30-10-11-31(25(30)34)19-8-9-19/h1-7,12-14,19,23H,8-11,15H2,(H,28,33)(H,29,32). The van der Waals surface area contributed by atoms with E-state index >= 15 is 0 Å². The van der Waals surface area contributed by atoms with Crippen molar-refractivity contribution in [2.75, 3.05) is 25.0 Å². The second-order valence-corrected chi connectivity index (χ2v) is 9.02. The molecule has 5 rings (SSSR count). The van der Waals surface area contributed by atoms with Crippen molar-refractivity contribution in [2.24, 2.45) is 0 Å². The first-order chi connectivity index (χ1) is 16.5. The number of nitrogens with one attached hydrogen (secondary N) is 2. The zero-order valence-corrected chi connectivity index (χ0v) is 19.2. The summed E-state index contributed by atoms with van der Waals surface area (Å²) in [6, 6.07) is 13.6. The number of nitrogens with zero attached hydrogens (tertiary/aromatic N) is 3. The number of amides is 4. The maximum Gasteiger partial charge on any atom is 0.320 e. The normalized spacial score (nSPS) is 16.6. The van der Waals surface area contributed by atoms with Gasteiger partial charge in [-0.15, -0.1) is 0 Å². The largest absolute Gasteiger partial charge is 0.339 e. The van der Waals surface area contributed by atoms with Gasteiger partial charge in [0.25, 0.3) is 5.91 Å². The second kappa shape index (κ2) is 9.30. The van der Waals surface area contributed by atoms with Gasteiger partial charge in [-0.1, -0.05) is 48.0 Å². The van der Waals surface area contributed by atoms with Crippen molar-refractivity contribution in [2.45, 2.75) is 24.9 Å². The summed E-state index contributed by atoms with van der Waals surface area (Å²) in [5.74, 6) is -0.844. The molecule has 8 nitrogen and oxygen atoms in total. The van der Waals surface area contributed by atoms with E-state index in [1.807, 2.05) is 29.2 Å². The molecule has 2 N–H and O–H groups in total. The molecule has 2 heterocycles. The highest BCUT2D eigenvalue weighted by molar-refractivity contribution is 6.30. The number of carbonyl (C=O) groups excluding carboxylic acids is 3. The van der Waals surface area contributed by atoms with Crippen LogP contribution in [-0.2, 0) is 9.59 Å². The fourth-order valence-electron chi connectivity index (χ4n) is 4.26. The first-order valence-corrected chi connectivity index (χ1v) is 11.6. The molecule has 1 unspecified atom stereocenters. The van der Waals surface area contributed by atoms with Gasteiger partial charge in [0.2, 0.25) is 5.91 Å². The Hall–Kier alpha value is -3.65. The maximum absolute atomic E-state index is 13.4. The van der Waals surface area contributed by atoms with Gasteiger partial charge in [-0.25, -0.2) is 4.79 Å². The zero-order chi connectivity index (χ0) is 23.7. The number of rotatable bonds is 7. The quantitative estimate of drug-likeness (QED) is 0.543. The SMILES string of the molecule is O=C(CN1CCN(C2CC2)C1=O)NC(C(=O)Nc1cncc2ccccc12)c1cccc(Cl)c1. The van der Waals surface area contributed by atoms with Crippen LogP contribution in [0.2, 0.25) is 5.02 Å². The Bertz CT molecular complexity index is 1260. The van der Waals surface area contributed by atoms with E-state index in [2.05, 4.69) is 15.6 Å². The molecule has 1 aromatic heterocycles. The van der Waals surface area contributed by atoms with Crippen LogP contribution in [0.4, 0.5) is 10.5 Å². The Kier molecular flexibility index (Phi) is 6.06.